The molecule has 1 fully saturated rings. The lowest BCUT2D eigenvalue weighted by molar-refractivity contribution is -0.0000270. The van der Waals surface area contributed by atoms with Crippen LogP contribution in [0.3, 0.4) is 0 Å². The molecule has 0 aromatic heterocycles. The third-order valence-electron chi connectivity index (χ3n) is 9.59. The van der Waals surface area contributed by atoms with E-state index in [4.69, 9.17) is 21.1 Å². The van der Waals surface area contributed by atoms with Gasteiger partial charge in [-0.1, -0.05) is 44.0 Å². The van der Waals surface area contributed by atoms with Crippen molar-refractivity contribution in [1.82, 2.24) is 4.72 Å². The Morgan fingerprint density at radius 3 is 2.77 bits per heavy atom. The second-order valence-corrected chi connectivity index (χ2v) is 13.4. The van der Waals surface area contributed by atoms with Gasteiger partial charge in [-0.2, -0.15) is 0 Å². The molecule has 3 heterocycles. The smallest absolute Gasteiger partial charge is 0.261 e. The van der Waals surface area contributed by atoms with Crippen molar-refractivity contribution < 1.29 is 14.3 Å². The quantitative estimate of drug-likeness (QED) is 0.304. The fraction of sp³-hybridized carbons (Fsp3) is 0.545. The number of nitrogens with zero attached hydrogens (tertiary/aromatic N) is 1. The lowest BCUT2D eigenvalue weighted by atomic mass is 9.65. The molecule has 4 bridgehead atoms. The van der Waals surface area contributed by atoms with Gasteiger partial charge < -0.3 is 14.4 Å². The molecule has 5 nitrogen and oxygen atoms in total. The van der Waals surface area contributed by atoms with Crippen LogP contribution in [0.5, 0.6) is 5.75 Å². The number of carbonyl (C=O) groups excluding carboxylic acids is 1. The summed E-state index contributed by atoms with van der Waals surface area (Å²) in [5, 5.41) is 0.786. The van der Waals surface area contributed by atoms with Crippen molar-refractivity contribution in [3.05, 3.63) is 69.8 Å². The second-order valence-electron chi connectivity index (χ2n) is 12.2. The summed E-state index contributed by atoms with van der Waals surface area (Å²) in [4.78, 5) is 15.7. The van der Waals surface area contributed by atoms with E-state index in [1.807, 2.05) is 31.4 Å². The predicted octanol–water partition coefficient (Wildman–Crippen LogP) is 7.29. The molecule has 6 unspecified atom stereocenters. The molecule has 0 saturated heterocycles. The van der Waals surface area contributed by atoms with Crippen LogP contribution in [0.4, 0.5) is 5.69 Å². The summed E-state index contributed by atoms with van der Waals surface area (Å²) in [5.74, 6) is 4.06. The van der Waals surface area contributed by atoms with Crippen molar-refractivity contribution in [2.45, 2.75) is 58.0 Å². The maximum atomic E-state index is 13.2. The highest BCUT2D eigenvalue weighted by Crippen LogP contribution is 2.47. The third kappa shape index (κ3) is 5.52. The fourth-order valence-corrected chi connectivity index (χ4v) is 8.11. The Hall–Kier alpha value is -2.15. The fourth-order valence-electron chi connectivity index (χ4n) is 7.07. The molecular weight excluding hydrogens is 540 g/mol. The Morgan fingerprint density at radius 2 is 2.02 bits per heavy atom. The van der Waals surface area contributed by atoms with Gasteiger partial charge in [0.05, 0.1) is 18.4 Å². The lowest BCUT2D eigenvalue weighted by Crippen LogP contribution is -2.46. The van der Waals surface area contributed by atoms with Crippen LogP contribution in [0.1, 0.15) is 66.9 Å². The molecule has 6 atom stereocenters. The minimum atomic E-state index is -0.0402. The number of allylic oxidation sites excluding steroid dienone is 1. The number of hydrogen-bond acceptors (Lipinski definition) is 5. The van der Waals surface area contributed by atoms with Crippen molar-refractivity contribution in [2.75, 3.05) is 37.5 Å². The normalized spacial score (nSPS) is 30.1. The van der Waals surface area contributed by atoms with Gasteiger partial charge in [0.25, 0.3) is 5.91 Å². The topological polar surface area (TPSA) is 50.8 Å². The van der Waals surface area contributed by atoms with Crippen LogP contribution >= 0.6 is 23.5 Å². The zero-order chi connectivity index (χ0) is 27.8. The molecule has 2 aromatic carbocycles. The average molecular weight is 581 g/mol. The van der Waals surface area contributed by atoms with Gasteiger partial charge in [-0.05, 0) is 108 Å². The van der Waals surface area contributed by atoms with E-state index in [0.717, 1.165) is 54.6 Å². The highest BCUT2D eigenvalue weighted by Gasteiger charge is 2.43. The van der Waals surface area contributed by atoms with E-state index in [1.54, 1.807) is 0 Å². The van der Waals surface area contributed by atoms with Gasteiger partial charge in [-0.3, -0.25) is 9.52 Å². The van der Waals surface area contributed by atoms with Gasteiger partial charge in [0.1, 0.15) is 5.75 Å². The summed E-state index contributed by atoms with van der Waals surface area (Å²) in [6.45, 7) is 6.87. The Morgan fingerprint density at radius 1 is 1.18 bits per heavy atom. The number of nitrogens with one attached hydrogen (secondary N) is 1. The van der Waals surface area contributed by atoms with Gasteiger partial charge in [0, 0.05) is 42.5 Å². The number of amides is 1. The van der Waals surface area contributed by atoms with Crippen LogP contribution in [0.15, 0.2) is 48.0 Å². The number of anilines is 1. The van der Waals surface area contributed by atoms with Crippen molar-refractivity contribution in [1.29, 1.82) is 0 Å². The Kier molecular flexibility index (Phi) is 8.39. The van der Waals surface area contributed by atoms with Crippen LogP contribution in [0, 0.1) is 23.7 Å². The number of methoxy groups -OCH3 is 1. The molecule has 7 rings (SSSR count). The van der Waals surface area contributed by atoms with Crippen LogP contribution in [-0.4, -0.2) is 44.6 Å². The monoisotopic (exact) mass is 580 g/mol. The number of ether oxygens (including phenoxy) is 2. The molecule has 214 valence electrons. The van der Waals surface area contributed by atoms with E-state index in [-0.39, 0.29) is 17.9 Å². The first-order valence-corrected chi connectivity index (χ1v) is 16.3. The first-order valence-electron chi connectivity index (χ1n) is 14.9. The molecule has 2 aliphatic carbocycles. The van der Waals surface area contributed by atoms with E-state index in [0.29, 0.717) is 35.8 Å². The zero-order valence-corrected chi connectivity index (χ0v) is 25.4. The molecule has 0 spiro atoms. The van der Waals surface area contributed by atoms with E-state index in [1.165, 1.54) is 41.5 Å². The minimum Gasteiger partial charge on any atom is -0.491 e. The van der Waals surface area contributed by atoms with E-state index in [9.17, 15) is 4.79 Å². The zero-order valence-electron chi connectivity index (χ0n) is 23.8. The second kappa shape index (κ2) is 12.0. The van der Waals surface area contributed by atoms with E-state index < -0.39 is 0 Å². The van der Waals surface area contributed by atoms with Gasteiger partial charge >= 0.3 is 0 Å². The highest BCUT2D eigenvalue weighted by molar-refractivity contribution is 7.97. The highest BCUT2D eigenvalue weighted by atomic mass is 35.5. The van der Waals surface area contributed by atoms with Gasteiger partial charge in [-0.25, -0.2) is 0 Å². The summed E-state index contributed by atoms with van der Waals surface area (Å²) >= 11 is 7.94. The summed E-state index contributed by atoms with van der Waals surface area (Å²) in [6.07, 6.45) is 8.24. The van der Waals surface area contributed by atoms with Crippen LogP contribution in [-0.2, 0) is 11.2 Å². The largest absolute Gasteiger partial charge is 0.491 e. The minimum absolute atomic E-state index is 0.0402. The molecule has 3 aliphatic heterocycles. The first kappa shape index (κ1) is 28.0. The number of halogens is 1. The van der Waals surface area contributed by atoms with Crippen LogP contribution < -0.4 is 14.4 Å². The predicted molar refractivity (Wildman–Crippen MR) is 165 cm³/mol. The maximum Gasteiger partial charge on any atom is 0.261 e. The van der Waals surface area contributed by atoms with Crippen molar-refractivity contribution in [3.63, 3.8) is 0 Å². The Bertz CT molecular complexity index is 1280. The van der Waals surface area contributed by atoms with Gasteiger partial charge in [0.2, 0.25) is 0 Å². The number of fused-ring (bicyclic) bond motifs is 4. The molecule has 1 saturated carbocycles. The van der Waals surface area contributed by atoms with Crippen LogP contribution in [0.2, 0.25) is 5.02 Å². The Labute approximate surface area is 248 Å². The van der Waals surface area contributed by atoms with Crippen molar-refractivity contribution >= 4 is 35.1 Å². The first-order chi connectivity index (χ1) is 19.4. The molecule has 0 radical (unpaired) electrons. The summed E-state index contributed by atoms with van der Waals surface area (Å²) in [5.41, 5.74) is 5.81. The van der Waals surface area contributed by atoms with Crippen LogP contribution in [0.25, 0.3) is 0 Å². The van der Waals surface area contributed by atoms with Crippen molar-refractivity contribution in [2.24, 2.45) is 23.7 Å². The van der Waals surface area contributed by atoms with Gasteiger partial charge in [0.15, 0.2) is 0 Å². The molecular formula is C33H41ClN2O3S. The molecule has 2 aromatic rings. The lowest BCUT2D eigenvalue weighted by Gasteiger charge is -2.47. The Balaban J connectivity index is 1.36. The summed E-state index contributed by atoms with van der Waals surface area (Å²) < 4.78 is 15.8. The molecule has 40 heavy (non-hydrogen) atoms. The number of hydrogen-bond donors (Lipinski definition) is 1. The summed E-state index contributed by atoms with van der Waals surface area (Å²) in [6, 6.07) is 12.3. The van der Waals surface area contributed by atoms with E-state index >= 15 is 0 Å². The average Bonchev–Trinajstić information content (AvgIpc) is 3.08. The summed E-state index contributed by atoms with van der Waals surface area (Å²) in [7, 11) is 1.88. The number of carbonyl (C=O) groups is 1. The molecule has 5 aliphatic rings. The number of aryl methyl sites for hydroxylation is 1. The number of rotatable bonds is 4. The maximum absolute atomic E-state index is 13.2. The number of benzene rings is 2. The van der Waals surface area contributed by atoms with E-state index in [2.05, 4.69) is 41.7 Å². The SMILES string of the molecule is CCCc1cc(Cl)ccc1C1COc2ccc3cc2N(C1)CC1CCC1C(OC)C1=CC(C1)C(C)CSNC3=O. The standard InChI is InChI=1S/C33H41ClN2O3S/c1-4-5-21-14-27(34)8-10-28(21)26-17-36-16-23-6-9-29(23)32(38-3)25-12-24(13-25)20(2)19-40-35-33(37)22-7-11-31(39-18-26)30(36)15-22/h7-8,10-12,14-15,20,23-24,26,29,32H,4-6,9,13,16-19H2,1-3H3,(H,35,37). The van der Waals surface area contributed by atoms with Gasteiger partial charge in [-0.15, -0.1) is 0 Å². The molecule has 1 amide bonds. The van der Waals surface area contributed by atoms with Crippen molar-refractivity contribution in [3.8, 4) is 5.75 Å². The molecule has 1 N–H and O–H groups in total. The third-order valence-corrected chi connectivity index (χ3v) is 10.8. The molecule has 7 heteroatoms.